The minimum atomic E-state index is -0.969. The van der Waals surface area contributed by atoms with Crippen LogP contribution in [0.3, 0.4) is 0 Å². The zero-order chi connectivity index (χ0) is 21.0. The highest BCUT2D eigenvalue weighted by molar-refractivity contribution is 6.35. The van der Waals surface area contributed by atoms with Gasteiger partial charge in [0.05, 0.1) is 7.11 Å². The number of carbonyl (C=O) groups is 2. The number of ether oxygens (including phenoxy) is 2. The second-order valence-corrected chi connectivity index (χ2v) is 6.76. The van der Waals surface area contributed by atoms with Gasteiger partial charge in [0.15, 0.2) is 17.9 Å². The van der Waals surface area contributed by atoms with Crippen LogP contribution in [0.2, 0.25) is 10.0 Å². The number of amides is 1. The van der Waals surface area contributed by atoms with E-state index >= 15 is 0 Å². The van der Waals surface area contributed by atoms with Gasteiger partial charge in [-0.1, -0.05) is 41.4 Å². The molecule has 0 saturated heterocycles. The van der Waals surface area contributed by atoms with Crippen molar-refractivity contribution in [1.82, 2.24) is 5.32 Å². The van der Waals surface area contributed by atoms with Crippen LogP contribution in [-0.2, 0) is 16.1 Å². The predicted octanol–water partition coefficient (Wildman–Crippen LogP) is 3.58. The molecule has 0 fully saturated rings. The first kappa shape index (κ1) is 20.7. The maximum atomic E-state index is 12.2. The fourth-order valence-corrected chi connectivity index (χ4v) is 3.01. The number of hydrogen-bond acceptors (Lipinski definition) is 6. The van der Waals surface area contributed by atoms with Crippen molar-refractivity contribution in [3.63, 3.8) is 0 Å². The normalized spacial score (nSPS) is 10.6. The van der Waals surface area contributed by atoms with Crippen molar-refractivity contribution < 1.29 is 23.5 Å². The van der Waals surface area contributed by atoms with Gasteiger partial charge in [-0.25, -0.2) is 9.59 Å². The summed E-state index contributed by atoms with van der Waals surface area (Å²) in [4.78, 5) is 36.3. The van der Waals surface area contributed by atoms with E-state index in [1.807, 2.05) is 0 Å². The number of esters is 1. The molecule has 7 nitrogen and oxygen atoms in total. The van der Waals surface area contributed by atoms with E-state index in [0.29, 0.717) is 26.7 Å². The van der Waals surface area contributed by atoms with Crippen LogP contribution < -0.4 is 15.7 Å². The average molecular weight is 436 g/mol. The lowest BCUT2D eigenvalue weighted by molar-refractivity contribution is -0.124. The molecule has 3 aromatic rings. The highest BCUT2D eigenvalue weighted by Crippen LogP contribution is 2.24. The summed E-state index contributed by atoms with van der Waals surface area (Å²) in [7, 11) is 1.44. The van der Waals surface area contributed by atoms with E-state index in [-0.39, 0.29) is 17.7 Å². The minimum Gasteiger partial charge on any atom is -0.493 e. The summed E-state index contributed by atoms with van der Waals surface area (Å²) in [6, 6.07) is 11.2. The van der Waals surface area contributed by atoms with E-state index in [4.69, 9.17) is 37.1 Å². The Bertz CT molecular complexity index is 1140. The van der Waals surface area contributed by atoms with Gasteiger partial charge in [-0.15, -0.1) is 0 Å². The van der Waals surface area contributed by atoms with Crippen molar-refractivity contribution in [3.05, 3.63) is 74.1 Å². The monoisotopic (exact) mass is 435 g/mol. The van der Waals surface area contributed by atoms with Gasteiger partial charge in [0.2, 0.25) is 0 Å². The van der Waals surface area contributed by atoms with E-state index in [1.54, 1.807) is 36.4 Å². The van der Waals surface area contributed by atoms with Gasteiger partial charge in [0.1, 0.15) is 5.56 Å². The number of hydrogen-bond donors (Lipinski definition) is 1. The van der Waals surface area contributed by atoms with Gasteiger partial charge in [0, 0.05) is 22.0 Å². The Morgan fingerprint density at radius 2 is 1.93 bits per heavy atom. The van der Waals surface area contributed by atoms with Crippen LogP contribution in [-0.4, -0.2) is 25.6 Å². The molecule has 29 heavy (non-hydrogen) atoms. The number of halogens is 2. The molecule has 0 aliphatic carbocycles. The second-order valence-electron chi connectivity index (χ2n) is 5.91. The third-order valence-corrected chi connectivity index (χ3v) is 4.58. The number of fused-ring (bicyclic) bond motifs is 1. The van der Waals surface area contributed by atoms with Crippen LogP contribution >= 0.6 is 23.2 Å². The molecule has 9 heteroatoms. The van der Waals surface area contributed by atoms with Crippen LogP contribution in [0.4, 0.5) is 0 Å². The summed E-state index contributed by atoms with van der Waals surface area (Å²) in [6.07, 6.45) is 0. The molecule has 0 radical (unpaired) electrons. The number of para-hydroxylation sites is 1. The van der Waals surface area contributed by atoms with Crippen molar-refractivity contribution in [3.8, 4) is 5.75 Å². The Labute approximate surface area is 175 Å². The lowest BCUT2D eigenvalue weighted by Gasteiger charge is -2.08. The highest BCUT2D eigenvalue weighted by atomic mass is 35.5. The number of rotatable bonds is 6. The molecule has 1 N–H and O–H groups in total. The first-order valence-electron chi connectivity index (χ1n) is 8.37. The first-order valence-corrected chi connectivity index (χ1v) is 9.13. The van der Waals surface area contributed by atoms with Gasteiger partial charge in [-0.05, 0) is 29.8 Å². The van der Waals surface area contributed by atoms with E-state index < -0.39 is 24.1 Å². The third-order valence-electron chi connectivity index (χ3n) is 3.99. The zero-order valence-electron chi connectivity index (χ0n) is 15.2. The summed E-state index contributed by atoms with van der Waals surface area (Å²) in [5, 5.41) is 3.93. The Balaban J connectivity index is 1.63. The molecular weight excluding hydrogens is 421 g/mol. The average Bonchev–Trinajstić information content (AvgIpc) is 2.70. The van der Waals surface area contributed by atoms with Gasteiger partial charge in [-0.2, -0.15) is 0 Å². The number of nitrogens with one attached hydrogen (secondary N) is 1. The molecule has 0 bridgehead atoms. The second kappa shape index (κ2) is 8.98. The number of carbonyl (C=O) groups excluding carboxylic acids is 2. The molecule has 0 saturated carbocycles. The topological polar surface area (TPSA) is 94.8 Å². The maximum Gasteiger partial charge on any atom is 0.351 e. The quantitative estimate of drug-likeness (QED) is 0.469. The third kappa shape index (κ3) is 4.88. The van der Waals surface area contributed by atoms with Crippen molar-refractivity contribution in [2.45, 2.75) is 6.54 Å². The van der Waals surface area contributed by atoms with E-state index in [1.165, 1.54) is 13.2 Å². The van der Waals surface area contributed by atoms with Crippen LogP contribution in [0.25, 0.3) is 11.0 Å². The SMILES string of the molecule is COc1cccc2cc(C(=O)OCC(=O)NCc3ccc(Cl)cc3Cl)c(=O)oc12. The Kier molecular flexibility index (Phi) is 6.41. The fraction of sp³-hybridized carbons (Fsp3) is 0.150. The summed E-state index contributed by atoms with van der Waals surface area (Å²) >= 11 is 11.9. The van der Waals surface area contributed by atoms with Crippen LogP contribution in [0.1, 0.15) is 15.9 Å². The smallest absolute Gasteiger partial charge is 0.351 e. The molecule has 1 amide bonds. The van der Waals surface area contributed by atoms with Gasteiger partial charge < -0.3 is 19.2 Å². The van der Waals surface area contributed by atoms with Gasteiger partial charge in [-0.3, -0.25) is 4.79 Å². The van der Waals surface area contributed by atoms with Crippen molar-refractivity contribution in [2.75, 3.05) is 13.7 Å². The van der Waals surface area contributed by atoms with Gasteiger partial charge >= 0.3 is 11.6 Å². The summed E-state index contributed by atoms with van der Waals surface area (Å²) in [5.41, 5.74) is -0.339. The van der Waals surface area contributed by atoms with Crippen molar-refractivity contribution in [1.29, 1.82) is 0 Å². The Morgan fingerprint density at radius 3 is 2.66 bits per heavy atom. The van der Waals surface area contributed by atoms with Crippen molar-refractivity contribution in [2.24, 2.45) is 0 Å². The molecule has 3 rings (SSSR count). The zero-order valence-corrected chi connectivity index (χ0v) is 16.7. The first-order chi connectivity index (χ1) is 13.9. The fourth-order valence-electron chi connectivity index (χ4n) is 2.54. The summed E-state index contributed by atoms with van der Waals surface area (Å²) < 4.78 is 15.2. The standard InChI is InChI=1S/C20H15Cl2NO6/c1-27-16-4-2-3-11-7-14(20(26)29-18(11)16)19(25)28-10-17(24)23-9-12-5-6-13(21)8-15(12)22/h2-8H,9-10H2,1H3,(H,23,24). The molecule has 2 aromatic carbocycles. The molecule has 0 spiro atoms. The largest absolute Gasteiger partial charge is 0.493 e. The molecule has 0 unspecified atom stereocenters. The maximum absolute atomic E-state index is 12.2. The van der Waals surface area contributed by atoms with Gasteiger partial charge in [0.25, 0.3) is 5.91 Å². The molecule has 150 valence electrons. The summed E-state index contributed by atoms with van der Waals surface area (Å²) in [5.74, 6) is -1.17. The number of methoxy groups -OCH3 is 1. The number of benzene rings is 2. The van der Waals surface area contributed by atoms with Crippen molar-refractivity contribution >= 4 is 46.0 Å². The van der Waals surface area contributed by atoms with Crippen LogP contribution in [0, 0.1) is 0 Å². The van der Waals surface area contributed by atoms with Crippen LogP contribution in [0.5, 0.6) is 5.75 Å². The van der Waals surface area contributed by atoms with E-state index in [0.717, 1.165) is 0 Å². The minimum absolute atomic E-state index is 0.129. The summed E-state index contributed by atoms with van der Waals surface area (Å²) in [6.45, 7) is -0.441. The molecule has 1 heterocycles. The van der Waals surface area contributed by atoms with E-state index in [9.17, 15) is 14.4 Å². The van der Waals surface area contributed by atoms with E-state index in [2.05, 4.69) is 5.32 Å². The lowest BCUT2D eigenvalue weighted by atomic mass is 10.2. The Hall–Kier alpha value is -3.03. The lowest BCUT2D eigenvalue weighted by Crippen LogP contribution is -2.29. The molecular formula is C20H15Cl2NO6. The molecule has 0 atom stereocenters. The molecule has 1 aromatic heterocycles. The highest BCUT2D eigenvalue weighted by Gasteiger charge is 2.18. The predicted molar refractivity (Wildman–Crippen MR) is 108 cm³/mol. The molecule has 0 aliphatic heterocycles. The Morgan fingerprint density at radius 1 is 1.14 bits per heavy atom. The van der Waals surface area contributed by atoms with Crippen LogP contribution in [0.15, 0.2) is 51.7 Å². The molecule has 0 aliphatic rings.